The Bertz CT molecular complexity index is 513. The third-order valence-corrected chi connectivity index (χ3v) is 2.80. The predicted octanol–water partition coefficient (Wildman–Crippen LogP) is 3.21. The van der Waals surface area contributed by atoms with Crippen LogP contribution in [-0.4, -0.2) is 6.61 Å². The molecule has 0 amide bonds. The third kappa shape index (κ3) is 3.08. The smallest absolute Gasteiger partial charge is 0.126 e. The van der Waals surface area contributed by atoms with Gasteiger partial charge in [0.25, 0.3) is 0 Å². The molecule has 2 N–H and O–H groups in total. The molecular weight excluding hydrogens is 229 g/mol. The van der Waals surface area contributed by atoms with Gasteiger partial charge in [0.1, 0.15) is 18.2 Å². The summed E-state index contributed by atoms with van der Waals surface area (Å²) in [4.78, 5) is 0. The van der Waals surface area contributed by atoms with E-state index in [1.807, 2.05) is 37.3 Å². The highest BCUT2D eigenvalue weighted by Crippen LogP contribution is 2.20. The number of benzene rings is 2. The van der Waals surface area contributed by atoms with E-state index < -0.39 is 0 Å². The minimum absolute atomic E-state index is 0.214. The van der Waals surface area contributed by atoms with Gasteiger partial charge in [-0.05, 0) is 24.1 Å². The fraction of sp³-hybridized carbons (Fsp3) is 0.200. The maximum atomic E-state index is 13.1. The molecule has 94 valence electrons. The molecule has 2 nitrogen and oxygen atoms in total. The van der Waals surface area contributed by atoms with Crippen molar-refractivity contribution in [3.05, 3.63) is 65.5 Å². The first-order chi connectivity index (χ1) is 8.66. The molecule has 0 saturated carbocycles. The largest absolute Gasteiger partial charge is 0.491 e. The Hall–Kier alpha value is -1.87. The highest BCUT2D eigenvalue weighted by Gasteiger charge is 2.08. The lowest BCUT2D eigenvalue weighted by Crippen LogP contribution is -2.19. The van der Waals surface area contributed by atoms with E-state index in [-0.39, 0.29) is 11.9 Å². The van der Waals surface area contributed by atoms with Crippen molar-refractivity contribution in [1.82, 2.24) is 0 Å². The van der Waals surface area contributed by atoms with Crippen molar-refractivity contribution in [2.24, 2.45) is 5.73 Å². The molecule has 0 aromatic heterocycles. The Morgan fingerprint density at radius 3 is 2.61 bits per heavy atom. The van der Waals surface area contributed by atoms with E-state index in [0.717, 1.165) is 11.1 Å². The van der Waals surface area contributed by atoms with Gasteiger partial charge in [0, 0.05) is 6.07 Å². The van der Waals surface area contributed by atoms with Gasteiger partial charge in [-0.15, -0.1) is 0 Å². The molecule has 18 heavy (non-hydrogen) atoms. The normalized spacial score (nSPS) is 12.2. The number of hydrogen-bond donors (Lipinski definition) is 1. The van der Waals surface area contributed by atoms with E-state index in [0.29, 0.717) is 12.4 Å². The lowest BCUT2D eigenvalue weighted by Gasteiger charge is -2.14. The fourth-order valence-corrected chi connectivity index (χ4v) is 1.71. The SMILES string of the molecule is Cc1ccc(F)cc1OCC(N)c1ccccc1. The second-order valence-electron chi connectivity index (χ2n) is 4.24. The summed E-state index contributed by atoms with van der Waals surface area (Å²) in [6.07, 6.45) is 0. The Morgan fingerprint density at radius 2 is 1.89 bits per heavy atom. The zero-order chi connectivity index (χ0) is 13.0. The van der Waals surface area contributed by atoms with Gasteiger partial charge in [-0.2, -0.15) is 0 Å². The number of halogens is 1. The van der Waals surface area contributed by atoms with Crippen molar-refractivity contribution in [2.45, 2.75) is 13.0 Å². The molecule has 2 aromatic rings. The Morgan fingerprint density at radius 1 is 1.17 bits per heavy atom. The predicted molar refractivity (Wildman–Crippen MR) is 70.0 cm³/mol. The van der Waals surface area contributed by atoms with E-state index in [1.165, 1.54) is 12.1 Å². The van der Waals surface area contributed by atoms with Crippen molar-refractivity contribution < 1.29 is 9.13 Å². The summed E-state index contributed by atoms with van der Waals surface area (Å²) >= 11 is 0. The molecule has 0 saturated heterocycles. The number of hydrogen-bond acceptors (Lipinski definition) is 2. The van der Waals surface area contributed by atoms with Crippen molar-refractivity contribution in [1.29, 1.82) is 0 Å². The van der Waals surface area contributed by atoms with Gasteiger partial charge in [-0.3, -0.25) is 0 Å². The van der Waals surface area contributed by atoms with Crippen molar-refractivity contribution in [3.63, 3.8) is 0 Å². The summed E-state index contributed by atoms with van der Waals surface area (Å²) < 4.78 is 18.7. The molecule has 0 radical (unpaired) electrons. The van der Waals surface area contributed by atoms with Crippen LogP contribution in [0.15, 0.2) is 48.5 Å². The molecule has 0 fully saturated rings. The molecule has 0 aliphatic carbocycles. The quantitative estimate of drug-likeness (QED) is 0.897. The van der Waals surface area contributed by atoms with Gasteiger partial charge in [-0.25, -0.2) is 4.39 Å². The summed E-state index contributed by atoms with van der Waals surface area (Å²) in [7, 11) is 0. The van der Waals surface area contributed by atoms with E-state index in [1.54, 1.807) is 6.07 Å². The molecule has 3 heteroatoms. The van der Waals surface area contributed by atoms with Gasteiger partial charge in [0.2, 0.25) is 0 Å². The van der Waals surface area contributed by atoms with E-state index in [2.05, 4.69) is 0 Å². The molecule has 0 aliphatic heterocycles. The van der Waals surface area contributed by atoms with Crippen molar-refractivity contribution in [3.8, 4) is 5.75 Å². The molecule has 0 spiro atoms. The van der Waals surface area contributed by atoms with Crippen LogP contribution in [0.4, 0.5) is 4.39 Å². The fourth-order valence-electron chi connectivity index (χ4n) is 1.71. The van der Waals surface area contributed by atoms with Crippen LogP contribution in [0, 0.1) is 12.7 Å². The van der Waals surface area contributed by atoms with E-state index >= 15 is 0 Å². The molecule has 0 aliphatic rings. The highest BCUT2D eigenvalue weighted by atomic mass is 19.1. The summed E-state index contributed by atoms with van der Waals surface area (Å²) in [6.45, 7) is 2.21. The molecular formula is C15H16FNO. The zero-order valence-corrected chi connectivity index (χ0v) is 10.3. The summed E-state index contributed by atoms with van der Waals surface area (Å²) in [5.41, 5.74) is 7.92. The molecule has 2 aromatic carbocycles. The number of aryl methyl sites for hydroxylation is 1. The Kier molecular flexibility index (Phi) is 3.95. The Balaban J connectivity index is 2.01. The maximum Gasteiger partial charge on any atom is 0.126 e. The molecule has 0 bridgehead atoms. The molecule has 0 heterocycles. The third-order valence-electron chi connectivity index (χ3n) is 2.80. The van der Waals surface area contributed by atoms with Gasteiger partial charge in [0.15, 0.2) is 0 Å². The zero-order valence-electron chi connectivity index (χ0n) is 10.3. The Labute approximate surface area is 106 Å². The molecule has 2 rings (SSSR count). The minimum atomic E-state index is -0.302. The number of rotatable bonds is 4. The lowest BCUT2D eigenvalue weighted by atomic mass is 10.1. The molecule has 1 atom stereocenters. The van der Waals surface area contributed by atoms with Gasteiger partial charge >= 0.3 is 0 Å². The van der Waals surface area contributed by atoms with Crippen LogP contribution in [0.25, 0.3) is 0 Å². The first kappa shape index (κ1) is 12.6. The maximum absolute atomic E-state index is 13.1. The monoisotopic (exact) mass is 245 g/mol. The summed E-state index contributed by atoms with van der Waals surface area (Å²) in [6, 6.07) is 14.0. The van der Waals surface area contributed by atoms with E-state index in [9.17, 15) is 4.39 Å². The van der Waals surface area contributed by atoms with Crippen LogP contribution in [0.2, 0.25) is 0 Å². The first-order valence-electron chi connectivity index (χ1n) is 5.86. The van der Waals surface area contributed by atoms with Gasteiger partial charge in [0.05, 0.1) is 6.04 Å². The number of ether oxygens (including phenoxy) is 1. The summed E-state index contributed by atoms with van der Waals surface area (Å²) in [5, 5.41) is 0. The lowest BCUT2D eigenvalue weighted by molar-refractivity contribution is 0.287. The van der Waals surface area contributed by atoms with Crippen LogP contribution >= 0.6 is 0 Å². The van der Waals surface area contributed by atoms with Gasteiger partial charge in [-0.1, -0.05) is 36.4 Å². The van der Waals surface area contributed by atoms with Crippen LogP contribution in [0.5, 0.6) is 5.75 Å². The average Bonchev–Trinajstić information content (AvgIpc) is 2.40. The van der Waals surface area contributed by atoms with Crippen LogP contribution < -0.4 is 10.5 Å². The average molecular weight is 245 g/mol. The van der Waals surface area contributed by atoms with Crippen LogP contribution in [0.1, 0.15) is 17.2 Å². The second kappa shape index (κ2) is 5.65. The van der Waals surface area contributed by atoms with Crippen molar-refractivity contribution in [2.75, 3.05) is 6.61 Å². The highest BCUT2D eigenvalue weighted by molar-refractivity contribution is 5.32. The van der Waals surface area contributed by atoms with Crippen molar-refractivity contribution >= 4 is 0 Å². The van der Waals surface area contributed by atoms with Crippen LogP contribution in [-0.2, 0) is 0 Å². The minimum Gasteiger partial charge on any atom is -0.491 e. The van der Waals surface area contributed by atoms with Crippen LogP contribution in [0.3, 0.4) is 0 Å². The summed E-state index contributed by atoms with van der Waals surface area (Å²) in [5.74, 6) is 0.241. The first-order valence-corrected chi connectivity index (χ1v) is 5.86. The molecule has 1 unspecified atom stereocenters. The van der Waals surface area contributed by atoms with E-state index in [4.69, 9.17) is 10.5 Å². The van der Waals surface area contributed by atoms with Gasteiger partial charge < -0.3 is 10.5 Å². The second-order valence-corrected chi connectivity index (χ2v) is 4.24. The number of nitrogens with two attached hydrogens (primary N) is 1. The standard InChI is InChI=1S/C15H16FNO/c1-11-7-8-13(16)9-15(11)18-10-14(17)12-5-3-2-4-6-12/h2-9,14H,10,17H2,1H3. The topological polar surface area (TPSA) is 35.2 Å².